The lowest BCUT2D eigenvalue weighted by Crippen LogP contribution is -2.51. The molecule has 1 unspecified atom stereocenters. The number of benzene rings is 3. The van der Waals surface area contributed by atoms with Crippen LogP contribution in [0.2, 0.25) is 5.02 Å². The highest BCUT2D eigenvalue weighted by atomic mass is 35.5. The van der Waals surface area contributed by atoms with E-state index in [0.29, 0.717) is 13.0 Å². The number of amides is 2. The molecule has 3 aromatic carbocycles. The molecule has 0 aliphatic carbocycles. The fourth-order valence-electron chi connectivity index (χ4n) is 4.00. The van der Waals surface area contributed by atoms with Gasteiger partial charge in [0.05, 0.1) is 17.7 Å². The van der Waals surface area contributed by atoms with Crippen LogP contribution in [-0.4, -0.2) is 51.4 Å². The molecule has 0 aliphatic heterocycles. The summed E-state index contributed by atoms with van der Waals surface area (Å²) in [5.74, 6) is -1.55. The van der Waals surface area contributed by atoms with E-state index in [4.69, 9.17) is 16.3 Å². The van der Waals surface area contributed by atoms with Gasteiger partial charge in [-0.15, -0.1) is 0 Å². The molecule has 0 aliphatic rings. The Balaban J connectivity index is 2.10. The Kier molecular flexibility index (Phi) is 10.5. The minimum absolute atomic E-state index is 0.0397. The second-order valence-corrected chi connectivity index (χ2v) is 11.5. The number of halogens is 2. The van der Waals surface area contributed by atoms with Crippen molar-refractivity contribution in [2.45, 2.75) is 44.7 Å². The summed E-state index contributed by atoms with van der Waals surface area (Å²) in [6.45, 7) is 4.66. The Labute approximate surface area is 239 Å². The zero-order valence-corrected chi connectivity index (χ0v) is 24.4. The van der Waals surface area contributed by atoms with E-state index < -0.39 is 40.2 Å². The van der Waals surface area contributed by atoms with Crippen LogP contribution in [0.4, 0.5) is 10.1 Å². The molecule has 0 bridgehead atoms. The van der Waals surface area contributed by atoms with Crippen LogP contribution in [0.3, 0.4) is 0 Å². The largest absolute Gasteiger partial charge is 0.495 e. The van der Waals surface area contributed by atoms with E-state index in [2.05, 4.69) is 5.32 Å². The molecule has 40 heavy (non-hydrogen) atoms. The number of ether oxygens (including phenoxy) is 1. The molecule has 3 aromatic rings. The Morgan fingerprint density at radius 3 is 2.38 bits per heavy atom. The first kappa shape index (κ1) is 30.9. The lowest BCUT2D eigenvalue weighted by Gasteiger charge is -2.32. The first-order valence-electron chi connectivity index (χ1n) is 12.7. The second kappa shape index (κ2) is 13.6. The second-order valence-electron chi connectivity index (χ2n) is 9.22. The maximum atomic E-state index is 14.6. The summed E-state index contributed by atoms with van der Waals surface area (Å²) in [6, 6.07) is 15.5. The number of carbonyl (C=O) groups is 2. The van der Waals surface area contributed by atoms with Crippen LogP contribution < -0.4 is 14.4 Å². The van der Waals surface area contributed by atoms with Crippen molar-refractivity contribution >= 4 is 39.1 Å². The summed E-state index contributed by atoms with van der Waals surface area (Å²) in [5.41, 5.74) is 1.07. The smallest absolute Gasteiger partial charge is 0.264 e. The number of hydrogen-bond donors (Lipinski definition) is 1. The van der Waals surface area contributed by atoms with Gasteiger partial charge in [-0.25, -0.2) is 12.8 Å². The van der Waals surface area contributed by atoms with Crippen molar-refractivity contribution in [1.29, 1.82) is 0 Å². The highest BCUT2D eigenvalue weighted by Gasteiger charge is 2.34. The molecule has 0 aromatic heterocycles. The minimum Gasteiger partial charge on any atom is -0.495 e. The Morgan fingerprint density at radius 2 is 1.75 bits per heavy atom. The summed E-state index contributed by atoms with van der Waals surface area (Å²) in [5, 5.41) is 2.97. The SMILES string of the molecule is CCCNC(=O)C(C)N(Cc1ccccc1F)C(=O)CN(c1cc(Cl)ccc1OC)S(=O)(=O)c1ccc(C)cc1. The molecule has 8 nitrogen and oxygen atoms in total. The number of anilines is 1. The number of sulfonamides is 1. The normalized spacial score (nSPS) is 11.9. The average molecular weight is 590 g/mol. The van der Waals surface area contributed by atoms with Crippen molar-refractivity contribution in [3.8, 4) is 5.75 Å². The van der Waals surface area contributed by atoms with E-state index in [1.807, 2.05) is 13.8 Å². The molecule has 1 atom stereocenters. The molecule has 2 amide bonds. The van der Waals surface area contributed by atoms with Gasteiger partial charge < -0.3 is 15.0 Å². The third kappa shape index (κ3) is 7.31. The zero-order valence-electron chi connectivity index (χ0n) is 22.9. The Bertz CT molecular complexity index is 1450. The average Bonchev–Trinajstić information content (AvgIpc) is 2.93. The van der Waals surface area contributed by atoms with Gasteiger partial charge in [-0.1, -0.05) is 54.4 Å². The third-order valence-corrected chi connectivity index (χ3v) is 8.32. The highest BCUT2D eigenvalue weighted by Crippen LogP contribution is 2.35. The van der Waals surface area contributed by atoms with Crippen molar-refractivity contribution in [3.63, 3.8) is 0 Å². The molecule has 3 rings (SSSR count). The van der Waals surface area contributed by atoms with E-state index in [1.165, 1.54) is 62.6 Å². The molecule has 11 heteroatoms. The maximum absolute atomic E-state index is 14.6. The lowest BCUT2D eigenvalue weighted by atomic mass is 10.1. The number of methoxy groups -OCH3 is 1. The fourth-order valence-corrected chi connectivity index (χ4v) is 5.58. The minimum atomic E-state index is -4.32. The van der Waals surface area contributed by atoms with E-state index in [1.54, 1.807) is 18.2 Å². The monoisotopic (exact) mass is 589 g/mol. The number of nitrogens with one attached hydrogen (secondary N) is 1. The van der Waals surface area contributed by atoms with Crippen molar-refractivity contribution in [3.05, 3.63) is 88.7 Å². The van der Waals surface area contributed by atoms with E-state index >= 15 is 0 Å². The number of nitrogens with zero attached hydrogens (tertiary/aromatic N) is 2. The van der Waals surface area contributed by atoms with Gasteiger partial charge in [0.15, 0.2) is 0 Å². The van der Waals surface area contributed by atoms with Crippen LogP contribution in [-0.2, 0) is 26.2 Å². The first-order chi connectivity index (χ1) is 19.0. The third-order valence-electron chi connectivity index (χ3n) is 6.31. The number of hydrogen-bond acceptors (Lipinski definition) is 5. The number of aryl methyl sites for hydroxylation is 1. The fraction of sp³-hybridized carbons (Fsp3) is 0.310. The molecule has 1 N–H and O–H groups in total. The highest BCUT2D eigenvalue weighted by molar-refractivity contribution is 7.92. The standard InChI is InChI=1S/C29H33ClFN3O5S/c1-5-16-32-29(36)21(3)33(18-22-8-6-7-9-25(22)31)28(35)19-34(26-17-23(30)12-15-27(26)39-4)40(37,38)24-13-10-20(2)11-14-24/h6-15,17,21H,5,16,18-19H2,1-4H3,(H,32,36). The maximum Gasteiger partial charge on any atom is 0.264 e. The lowest BCUT2D eigenvalue weighted by molar-refractivity contribution is -0.139. The predicted octanol–water partition coefficient (Wildman–Crippen LogP) is 4.93. The molecule has 0 radical (unpaired) electrons. The van der Waals surface area contributed by atoms with Gasteiger partial charge in [-0.3, -0.25) is 13.9 Å². The molecule has 0 fully saturated rings. The van der Waals surface area contributed by atoms with Crippen LogP contribution in [0.15, 0.2) is 71.6 Å². The van der Waals surface area contributed by atoms with Crippen LogP contribution in [0.25, 0.3) is 0 Å². The molecular formula is C29H33ClFN3O5S. The summed E-state index contributed by atoms with van der Waals surface area (Å²) >= 11 is 6.23. The van der Waals surface area contributed by atoms with Gasteiger partial charge >= 0.3 is 0 Å². The molecule has 214 valence electrons. The quantitative estimate of drug-likeness (QED) is 0.323. The number of carbonyl (C=O) groups excluding carboxylic acids is 2. The van der Waals surface area contributed by atoms with Gasteiger partial charge in [0.25, 0.3) is 10.0 Å². The molecule has 0 saturated carbocycles. The predicted molar refractivity (Wildman–Crippen MR) is 153 cm³/mol. The van der Waals surface area contributed by atoms with Crippen LogP contribution in [0.5, 0.6) is 5.75 Å². The van der Waals surface area contributed by atoms with Gasteiger partial charge in [0.2, 0.25) is 11.8 Å². The first-order valence-corrected chi connectivity index (χ1v) is 14.5. The molecule has 0 spiro atoms. The van der Waals surface area contributed by atoms with Crippen molar-refractivity contribution in [2.75, 3.05) is 24.5 Å². The van der Waals surface area contributed by atoms with E-state index in [9.17, 15) is 22.4 Å². The molecule has 0 saturated heterocycles. The molecular weight excluding hydrogens is 557 g/mol. The summed E-state index contributed by atoms with van der Waals surface area (Å²) < 4.78 is 48.8. The van der Waals surface area contributed by atoms with Gasteiger partial charge in [-0.2, -0.15) is 0 Å². The summed E-state index contributed by atoms with van der Waals surface area (Å²) in [6.07, 6.45) is 0.677. The molecule has 0 heterocycles. The van der Waals surface area contributed by atoms with Crippen molar-refractivity contribution in [2.24, 2.45) is 0 Å². The van der Waals surface area contributed by atoms with Gasteiger partial charge in [0.1, 0.15) is 24.2 Å². The van der Waals surface area contributed by atoms with Crippen LogP contribution in [0.1, 0.15) is 31.4 Å². The van der Waals surface area contributed by atoms with Crippen molar-refractivity contribution < 1.29 is 27.1 Å². The topological polar surface area (TPSA) is 96.0 Å². The Morgan fingerprint density at radius 1 is 1.07 bits per heavy atom. The number of rotatable bonds is 12. The van der Waals surface area contributed by atoms with Crippen LogP contribution in [0, 0.1) is 12.7 Å². The summed E-state index contributed by atoms with van der Waals surface area (Å²) in [4.78, 5) is 27.9. The van der Waals surface area contributed by atoms with E-state index in [-0.39, 0.29) is 33.5 Å². The summed E-state index contributed by atoms with van der Waals surface area (Å²) in [7, 11) is -2.95. The Hall–Kier alpha value is -3.63. The van der Waals surface area contributed by atoms with E-state index in [0.717, 1.165) is 14.8 Å². The van der Waals surface area contributed by atoms with Gasteiger partial charge in [0, 0.05) is 23.7 Å². The van der Waals surface area contributed by atoms with Gasteiger partial charge in [-0.05, 0) is 56.7 Å². The van der Waals surface area contributed by atoms with Crippen LogP contribution >= 0.6 is 11.6 Å². The zero-order chi connectivity index (χ0) is 29.4. The van der Waals surface area contributed by atoms with Crippen molar-refractivity contribution in [1.82, 2.24) is 10.2 Å².